The van der Waals surface area contributed by atoms with Crippen molar-refractivity contribution in [2.75, 3.05) is 9.80 Å². The highest BCUT2D eigenvalue weighted by atomic mass is 28.4. The minimum absolute atomic E-state index is 0.0791. The summed E-state index contributed by atoms with van der Waals surface area (Å²) in [5, 5.41) is 5.30. The average molecular weight is 801 g/mol. The van der Waals surface area contributed by atoms with Gasteiger partial charge in [-0.15, -0.1) is 0 Å². The fraction of sp³-hybridized carbons (Fsp3) is 0.200. The van der Waals surface area contributed by atoms with Gasteiger partial charge in [0.25, 0.3) is 0 Å². The van der Waals surface area contributed by atoms with E-state index in [9.17, 15) is 0 Å². The van der Waals surface area contributed by atoms with Crippen LogP contribution < -0.4 is 9.80 Å². The van der Waals surface area contributed by atoms with E-state index in [1.807, 2.05) is 0 Å². The number of nitrogens with zero attached hydrogens (tertiary/aromatic N) is 2. The molecule has 0 amide bonds. The molecule has 0 unspecified atom stereocenters. The SMILES string of the molecule is Cc1ccc(N(c2ccc(C)cc2)c2ccc3c4c(ccc3c2)-c2c(cc(N(c3ccc(C)cc3)c3ccc(C)cc3)c3ccccc23)C4([Si](C)(C)C)[Si](C)(C)C)cc1. The predicted molar refractivity (Wildman–Crippen MR) is 263 cm³/mol. The van der Waals surface area contributed by atoms with E-state index < -0.39 is 16.1 Å². The summed E-state index contributed by atoms with van der Waals surface area (Å²) in [5.74, 6) is 0. The fourth-order valence-electron chi connectivity index (χ4n) is 10.7. The number of hydrogen-bond acceptors (Lipinski definition) is 2. The average Bonchev–Trinajstić information content (AvgIpc) is 3.54. The van der Waals surface area contributed by atoms with Crippen molar-refractivity contribution in [1.82, 2.24) is 0 Å². The zero-order valence-corrected chi connectivity index (χ0v) is 38.4. The molecule has 4 heteroatoms. The van der Waals surface area contributed by atoms with Crippen molar-refractivity contribution in [3.63, 3.8) is 0 Å². The molecule has 0 aromatic heterocycles. The monoisotopic (exact) mass is 800 g/mol. The first-order valence-electron chi connectivity index (χ1n) is 21.2. The molecule has 8 aromatic rings. The fourth-order valence-corrected chi connectivity index (χ4v) is 23.7. The first-order valence-corrected chi connectivity index (χ1v) is 28.2. The summed E-state index contributed by atoms with van der Waals surface area (Å²) >= 11 is 0. The Morgan fingerprint density at radius 3 is 1.27 bits per heavy atom. The lowest BCUT2D eigenvalue weighted by atomic mass is 9.94. The summed E-state index contributed by atoms with van der Waals surface area (Å²) in [6.45, 7) is 24.5. The molecule has 0 fully saturated rings. The minimum Gasteiger partial charge on any atom is -0.310 e. The van der Waals surface area contributed by atoms with Gasteiger partial charge >= 0.3 is 0 Å². The van der Waals surface area contributed by atoms with Crippen molar-refractivity contribution < 1.29 is 0 Å². The summed E-state index contributed by atoms with van der Waals surface area (Å²) in [4.78, 5) is 4.92. The van der Waals surface area contributed by atoms with Gasteiger partial charge in [-0.05, 0) is 133 Å². The van der Waals surface area contributed by atoms with Crippen molar-refractivity contribution >= 4 is 71.8 Å². The number of aryl methyl sites for hydroxylation is 4. The third-order valence-electron chi connectivity index (χ3n) is 13.0. The maximum Gasteiger partial charge on any atom is 0.0579 e. The van der Waals surface area contributed by atoms with Gasteiger partial charge in [0.2, 0.25) is 0 Å². The molecule has 0 atom stereocenters. The minimum atomic E-state index is -2.07. The second-order valence-electron chi connectivity index (χ2n) is 19.0. The number of fused-ring (bicyclic) bond motifs is 7. The van der Waals surface area contributed by atoms with Crippen molar-refractivity contribution in [2.24, 2.45) is 0 Å². The number of benzene rings is 8. The van der Waals surface area contributed by atoms with E-state index in [0.717, 1.165) is 11.4 Å². The van der Waals surface area contributed by atoms with Crippen LogP contribution in [-0.2, 0) is 4.66 Å². The van der Waals surface area contributed by atoms with Crippen LogP contribution in [0.25, 0.3) is 32.7 Å². The third kappa shape index (κ3) is 6.27. The standard InChI is InChI=1S/C55H56N2Si2/c1-37-15-24-42(25-16-37)56(43-26-17-38(2)18-27-43)46-32-34-47-41(35-46)23-33-50-53-49-14-12-11-13-48(49)52(36-51(53)55(54(47)50,58(5,6)7)59(8,9)10)57(44-28-19-39(3)20-29-44)45-30-21-40(4)22-31-45/h11-36H,1-10H3. The largest absolute Gasteiger partial charge is 0.310 e. The molecule has 294 valence electrons. The van der Waals surface area contributed by atoms with E-state index in [2.05, 4.69) is 235 Å². The number of rotatable bonds is 8. The lowest BCUT2D eigenvalue weighted by Gasteiger charge is -2.52. The van der Waals surface area contributed by atoms with Crippen LogP contribution in [0.15, 0.2) is 158 Å². The van der Waals surface area contributed by atoms with Gasteiger partial charge in [0.15, 0.2) is 0 Å². The first kappa shape index (κ1) is 38.8. The van der Waals surface area contributed by atoms with E-state index in [0.29, 0.717) is 0 Å². The molecule has 0 saturated heterocycles. The molecule has 0 saturated carbocycles. The van der Waals surface area contributed by atoms with Crippen LogP contribution in [0.1, 0.15) is 33.4 Å². The molecular weight excluding hydrogens is 745 g/mol. The summed E-state index contributed by atoms with van der Waals surface area (Å²) < 4.78 is -0.0791. The quantitative estimate of drug-likeness (QED) is 0.141. The topological polar surface area (TPSA) is 6.48 Å². The van der Waals surface area contributed by atoms with Crippen LogP contribution >= 0.6 is 0 Å². The Morgan fingerprint density at radius 2 is 0.814 bits per heavy atom. The molecule has 8 aromatic carbocycles. The van der Waals surface area contributed by atoms with Crippen LogP contribution in [-0.4, -0.2) is 16.1 Å². The molecule has 2 nitrogen and oxygen atoms in total. The van der Waals surface area contributed by atoms with E-state index in [-0.39, 0.29) is 4.66 Å². The van der Waals surface area contributed by atoms with E-state index in [4.69, 9.17) is 0 Å². The summed E-state index contributed by atoms with van der Waals surface area (Å²) in [6.07, 6.45) is 0. The molecule has 0 heterocycles. The lowest BCUT2D eigenvalue weighted by molar-refractivity contribution is 0.962. The Morgan fingerprint density at radius 1 is 0.390 bits per heavy atom. The van der Waals surface area contributed by atoms with Crippen molar-refractivity contribution in [3.05, 3.63) is 191 Å². The second-order valence-corrected chi connectivity index (χ2v) is 30.0. The maximum absolute atomic E-state index is 2.64. The van der Waals surface area contributed by atoms with Gasteiger partial charge in [-0.1, -0.05) is 153 Å². The number of hydrogen-bond donors (Lipinski definition) is 0. The van der Waals surface area contributed by atoms with Gasteiger partial charge in [0, 0.05) is 38.5 Å². The third-order valence-corrected chi connectivity index (χ3v) is 23.0. The highest BCUT2D eigenvalue weighted by Crippen LogP contribution is 2.62. The Balaban J connectivity index is 1.34. The first-order chi connectivity index (χ1) is 28.2. The Hall–Kier alpha value is -5.69. The molecule has 0 radical (unpaired) electrons. The molecular formula is C55H56N2Si2. The summed E-state index contributed by atoms with van der Waals surface area (Å²) in [6, 6.07) is 60.0. The van der Waals surface area contributed by atoms with Crippen molar-refractivity contribution in [3.8, 4) is 11.1 Å². The van der Waals surface area contributed by atoms with Gasteiger partial charge in [0.1, 0.15) is 0 Å². The lowest BCUT2D eigenvalue weighted by Crippen LogP contribution is -2.63. The summed E-state index contributed by atoms with van der Waals surface area (Å²) in [7, 11) is -4.13. The molecule has 0 N–H and O–H groups in total. The highest BCUT2D eigenvalue weighted by Gasteiger charge is 2.60. The van der Waals surface area contributed by atoms with Crippen LogP contribution in [0.3, 0.4) is 0 Å². The molecule has 0 spiro atoms. The van der Waals surface area contributed by atoms with Gasteiger partial charge < -0.3 is 9.80 Å². The molecule has 9 rings (SSSR count). The van der Waals surface area contributed by atoms with E-state index in [1.165, 1.54) is 83.2 Å². The highest BCUT2D eigenvalue weighted by molar-refractivity contribution is 7.00. The van der Waals surface area contributed by atoms with E-state index >= 15 is 0 Å². The predicted octanol–water partition coefficient (Wildman–Crippen LogP) is 16.2. The summed E-state index contributed by atoms with van der Waals surface area (Å²) in [5.41, 5.74) is 18.1. The smallest absolute Gasteiger partial charge is 0.0579 e. The molecule has 0 bridgehead atoms. The zero-order valence-electron chi connectivity index (χ0n) is 36.4. The van der Waals surface area contributed by atoms with E-state index in [1.54, 1.807) is 5.56 Å². The van der Waals surface area contributed by atoms with Crippen LogP contribution in [0.5, 0.6) is 0 Å². The van der Waals surface area contributed by atoms with Crippen LogP contribution in [0.4, 0.5) is 34.1 Å². The maximum atomic E-state index is 2.64. The Bertz CT molecular complexity index is 2760. The van der Waals surface area contributed by atoms with Gasteiger partial charge in [-0.25, -0.2) is 0 Å². The molecule has 0 aliphatic heterocycles. The van der Waals surface area contributed by atoms with Gasteiger partial charge in [-0.3, -0.25) is 0 Å². The van der Waals surface area contributed by atoms with Crippen LogP contribution in [0.2, 0.25) is 39.3 Å². The zero-order chi connectivity index (χ0) is 41.4. The van der Waals surface area contributed by atoms with Gasteiger partial charge in [-0.2, -0.15) is 0 Å². The molecule has 59 heavy (non-hydrogen) atoms. The molecule has 1 aliphatic rings. The molecule has 1 aliphatic carbocycles. The number of anilines is 6. The Labute approximate surface area is 353 Å². The second kappa shape index (κ2) is 14.3. The van der Waals surface area contributed by atoms with Crippen molar-refractivity contribution in [2.45, 2.75) is 71.6 Å². The Kier molecular flexibility index (Phi) is 9.37. The van der Waals surface area contributed by atoms with Crippen LogP contribution in [0, 0.1) is 27.7 Å². The van der Waals surface area contributed by atoms with Gasteiger partial charge in [0.05, 0.1) is 21.8 Å². The normalized spacial score (nSPS) is 13.4. The van der Waals surface area contributed by atoms with Crippen molar-refractivity contribution in [1.29, 1.82) is 0 Å².